The van der Waals surface area contributed by atoms with Gasteiger partial charge < -0.3 is 10.1 Å². The molecule has 0 unspecified atom stereocenters. The zero-order chi connectivity index (χ0) is 21.6. The fraction of sp³-hybridized carbons (Fsp3) is 0.136. The molecule has 0 spiro atoms. The van der Waals surface area contributed by atoms with Crippen LogP contribution in [0.5, 0.6) is 5.75 Å². The maximum Gasteiger partial charge on any atom is 0.261 e. The van der Waals surface area contributed by atoms with Gasteiger partial charge in [0.15, 0.2) is 0 Å². The number of anilines is 1. The van der Waals surface area contributed by atoms with Crippen LogP contribution >= 0.6 is 11.6 Å². The number of carbonyl (C=O) groups excluding carboxylic acids is 1. The number of nitrogens with one attached hydrogen (secondary N) is 2. The Hall–Kier alpha value is -3.03. The molecule has 0 aliphatic rings. The van der Waals surface area contributed by atoms with E-state index in [1.165, 1.54) is 12.1 Å². The molecule has 0 aromatic heterocycles. The van der Waals surface area contributed by atoms with Crippen LogP contribution in [0.25, 0.3) is 0 Å². The minimum absolute atomic E-state index is 0.120. The Bertz CT molecular complexity index is 1110. The highest BCUT2D eigenvalue weighted by Crippen LogP contribution is 2.20. The smallest absolute Gasteiger partial charge is 0.261 e. The molecule has 0 saturated heterocycles. The van der Waals surface area contributed by atoms with Crippen molar-refractivity contribution in [2.75, 3.05) is 11.3 Å². The lowest BCUT2D eigenvalue weighted by Crippen LogP contribution is -2.22. The molecule has 0 radical (unpaired) electrons. The van der Waals surface area contributed by atoms with Crippen molar-refractivity contribution in [3.8, 4) is 5.75 Å². The summed E-state index contributed by atoms with van der Waals surface area (Å²) in [6, 6.07) is 19.6. The van der Waals surface area contributed by atoms with Crippen LogP contribution in [0.4, 0.5) is 5.69 Å². The number of ether oxygens (including phenoxy) is 1. The molecule has 3 aromatic carbocycles. The number of sulfonamides is 1. The van der Waals surface area contributed by atoms with Crippen LogP contribution in [0, 0.1) is 0 Å². The predicted molar refractivity (Wildman–Crippen MR) is 117 cm³/mol. The first-order chi connectivity index (χ1) is 14.4. The molecule has 0 bridgehead atoms. The third kappa shape index (κ3) is 5.75. The number of carbonyl (C=O) groups is 1. The largest absolute Gasteiger partial charge is 0.494 e. The molecule has 0 aliphatic heterocycles. The number of hydrogen-bond donors (Lipinski definition) is 2. The van der Waals surface area contributed by atoms with E-state index in [1.807, 2.05) is 19.1 Å². The lowest BCUT2D eigenvalue weighted by atomic mass is 10.2. The molecule has 1 amide bonds. The predicted octanol–water partition coefficient (Wildman–Crippen LogP) is 4.47. The average Bonchev–Trinajstić information content (AvgIpc) is 2.73. The average molecular weight is 445 g/mol. The van der Waals surface area contributed by atoms with Gasteiger partial charge in [-0.1, -0.05) is 23.7 Å². The Morgan fingerprint density at radius 3 is 2.33 bits per heavy atom. The Kier molecular flexibility index (Phi) is 6.97. The summed E-state index contributed by atoms with van der Waals surface area (Å²) >= 11 is 5.94. The van der Waals surface area contributed by atoms with Crippen molar-refractivity contribution < 1.29 is 17.9 Å². The van der Waals surface area contributed by atoms with Crippen LogP contribution < -0.4 is 14.8 Å². The highest BCUT2D eigenvalue weighted by Gasteiger charge is 2.15. The molecule has 8 heteroatoms. The van der Waals surface area contributed by atoms with Crippen molar-refractivity contribution in [1.82, 2.24) is 5.32 Å². The summed E-state index contributed by atoms with van der Waals surface area (Å²) < 4.78 is 32.9. The van der Waals surface area contributed by atoms with E-state index in [0.717, 1.165) is 5.56 Å². The fourth-order valence-corrected chi connectivity index (χ4v) is 3.99. The fourth-order valence-electron chi connectivity index (χ4n) is 2.72. The van der Waals surface area contributed by atoms with Crippen molar-refractivity contribution in [3.05, 3.63) is 88.9 Å². The van der Waals surface area contributed by atoms with Gasteiger partial charge in [0.25, 0.3) is 15.9 Å². The summed E-state index contributed by atoms with van der Waals surface area (Å²) in [6.45, 7) is 2.70. The molecular formula is C22H21ClN2O4S. The molecule has 3 aromatic rings. The molecule has 2 N–H and O–H groups in total. The van der Waals surface area contributed by atoms with Gasteiger partial charge in [0.1, 0.15) is 5.75 Å². The van der Waals surface area contributed by atoms with Gasteiger partial charge in [-0.15, -0.1) is 0 Å². The Balaban J connectivity index is 1.62. The second-order valence-corrected chi connectivity index (χ2v) is 8.52. The van der Waals surface area contributed by atoms with Crippen LogP contribution in [0.3, 0.4) is 0 Å². The lowest BCUT2D eigenvalue weighted by Gasteiger charge is -2.10. The van der Waals surface area contributed by atoms with Gasteiger partial charge in [0.2, 0.25) is 0 Å². The van der Waals surface area contributed by atoms with E-state index < -0.39 is 10.0 Å². The molecule has 30 heavy (non-hydrogen) atoms. The first kappa shape index (κ1) is 21.7. The number of amides is 1. The standard InChI is InChI=1S/C22H21ClN2O4S/c1-2-29-20-10-12-21(13-11-20)30(27,28)25-19-8-6-17(7-9-19)22(26)24-15-16-4-3-5-18(23)14-16/h3-14,25H,2,15H2,1H3,(H,24,26). The van der Waals surface area contributed by atoms with Crippen LogP contribution in [-0.2, 0) is 16.6 Å². The van der Waals surface area contributed by atoms with Gasteiger partial charge in [0.05, 0.1) is 11.5 Å². The molecule has 156 valence electrons. The minimum Gasteiger partial charge on any atom is -0.494 e. The summed E-state index contributed by atoms with van der Waals surface area (Å²) in [5, 5.41) is 3.41. The van der Waals surface area contributed by atoms with Gasteiger partial charge in [-0.2, -0.15) is 0 Å². The topological polar surface area (TPSA) is 84.5 Å². The quantitative estimate of drug-likeness (QED) is 0.536. The third-order valence-electron chi connectivity index (χ3n) is 4.19. The number of rotatable bonds is 8. The number of hydrogen-bond acceptors (Lipinski definition) is 4. The van der Waals surface area contributed by atoms with Crippen molar-refractivity contribution in [1.29, 1.82) is 0 Å². The van der Waals surface area contributed by atoms with E-state index >= 15 is 0 Å². The summed E-state index contributed by atoms with van der Waals surface area (Å²) in [4.78, 5) is 12.4. The molecular weight excluding hydrogens is 424 g/mol. The van der Waals surface area contributed by atoms with Gasteiger partial charge in [-0.05, 0) is 73.2 Å². The molecule has 3 rings (SSSR count). The second kappa shape index (κ2) is 9.65. The molecule has 0 saturated carbocycles. The van der Waals surface area contributed by atoms with Gasteiger partial charge in [0, 0.05) is 22.8 Å². The summed E-state index contributed by atoms with van der Waals surface area (Å²) in [5.74, 6) is 0.334. The highest BCUT2D eigenvalue weighted by molar-refractivity contribution is 7.92. The van der Waals surface area contributed by atoms with Crippen LogP contribution in [0.2, 0.25) is 5.02 Å². The van der Waals surface area contributed by atoms with E-state index in [9.17, 15) is 13.2 Å². The van der Waals surface area contributed by atoms with E-state index in [1.54, 1.807) is 48.5 Å². The summed E-state index contributed by atoms with van der Waals surface area (Å²) in [7, 11) is -3.75. The molecule has 0 atom stereocenters. The number of benzene rings is 3. The van der Waals surface area contributed by atoms with E-state index in [2.05, 4.69) is 10.0 Å². The maximum absolute atomic E-state index is 12.5. The Morgan fingerprint density at radius 2 is 1.70 bits per heavy atom. The van der Waals surface area contributed by atoms with E-state index in [0.29, 0.717) is 35.2 Å². The highest BCUT2D eigenvalue weighted by atomic mass is 35.5. The Labute approximate surface area is 180 Å². The first-order valence-corrected chi connectivity index (χ1v) is 11.1. The van der Waals surface area contributed by atoms with Crippen LogP contribution in [0.1, 0.15) is 22.8 Å². The lowest BCUT2D eigenvalue weighted by molar-refractivity contribution is 0.0951. The van der Waals surface area contributed by atoms with Crippen LogP contribution in [-0.4, -0.2) is 20.9 Å². The van der Waals surface area contributed by atoms with Gasteiger partial charge >= 0.3 is 0 Å². The molecule has 0 fully saturated rings. The maximum atomic E-state index is 12.5. The molecule has 6 nitrogen and oxygen atoms in total. The monoisotopic (exact) mass is 444 g/mol. The SMILES string of the molecule is CCOc1ccc(S(=O)(=O)Nc2ccc(C(=O)NCc3cccc(Cl)c3)cc2)cc1. The minimum atomic E-state index is -3.75. The zero-order valence-corrected chi connectivity index (χ0v) is 17.8. The van der Waals surface area contributed by atoms with Gasteiger partial charge in [-0.25, -0.2) is 8.42 Å². The van der Waals surface area contributed by atoms with Crippen molar-refractivity contribution in [3.63, 3.8) is 0 Å². The second-order valence-electron chi connectivity index (χ2n) is 6.40. The van der Waals surface area contributed by atoms with Crippen molar-refractivity contribution >= 4 is 33.2 Å². The summed E-state index contributed by atoms with van der Waals surface area (Å²) in [6.07, 6.45) is 0. The van der Waals surface area contributed by atoms with Crippen LogP contribution in [0.15, 0.2) is 77.7 Å². The zero-order valence-electron chi connectivity index (χ0n) is 16.3. The number of halogens is 1. The third-order valence-corrected chi connectivity index (χ3v) is 5.82. The normalized spacial score (nSPS) is 11.0. The van der Waals surface area contributed by atoms with Crippen molar-refractivity contribution in [2.24, 2.45) is 0 Å². The molecule has 0 heterocycles. The van der Waals surface area contributed by atoms with E-state index in [-0.39, 0.29) is 10.8 Å². The summed E-state index contributed by atoms with van der Waals surface area (Å²) in [5.41, 5.74) is 1.66. The van der Waals surface area contributed by atoms with E-state index in [4.69, 9.17) is 16.3 Å². The molecule has 0 aliphatic carbocycles. The Morgan fingerprint density at radius 1 is 1.00 bits per heavy atom. The van der Waals surface area contributed by atoms with Gasteiger partial charge in [-0.3, -0.25) is 9.52 Å². The first-order valence-electron chi connectivity index (χ1n) is 9.26. The van der Waals surface area contributed by atoms with Crippen molar-refractivity contribution in [2.45, 2.75) is 18.4 Å².